The summed E-state index contributed by atoms with van der Waals surface area (Å²) in [6, 6.07) is 14.1. The lowest BCUT2D eigenvalue weighted by Gasteiger charge is -2.28. The van der Waals surface area contributed by atoms with Crippen LogP contribution >= 0.6 is 0 Å². The lowest BCUT2D eigenvalue weighted by Crippen LogP contribution is -2.45. The molecule has 0 aromatic heterocycles. The van der Waals surface area contributed by atoms with Gasteiger partial charge in [0.1, 0.15) is 11.6 Å². The Kier molecular flexibility index (Phi) is 12.4. The summed E-state index contributed by atoms with van der Waals surface area (Å²) in [5, 5.41) is 14.5. The van der Waals surface area contributed by atoms with Crippen LogP contribution < -0.4 is 15.5 Å². The number of amides is 3. The van der Waals surface area contributed by atoms with Crippen LogP contribution in [0.1, 0.15) is 45.7 Å². The summed E-state index contributed by atoms with van der Waals surface area (Å²) < 4.78 is 21.4. The van der Waals surface area contributed by atoms with Crippen molar-refractivity contribution >= 4 is 29.5 Å². The second-order valence-electron chi connectivity index (χ2n) is 9.66. The maximum absolute atomic E-state index is 13.4. The van der Waals surface area contributed by atoms with Crippen molar-refractivity contribution in [3.63, 3.8) is 0 Å². The van der Waals surface area contributed by atoms with E-state index in [1.165, 1.54) is 12.0 Å². The van der Waals surface area contributed by atoms with Crippen LogP contribution in [0.15, 0.2) is 48.5 Å². The fourth-order valence-corrected chi connectivity index (χ4v) is 3.63. The van der Waals surface area contributed by atoms with Gasteiger partial charge < -0.3 is 29.6 Å². The molecular weight excluding hydrogens is 516 g/mol. The van der Waals surface area contributed by atoms with Gasteiger partial charge >= 0.3 is 18.1 Å². The molecule has 40 heavy (non-hydrogen) atoms. The zero-order valence-electron chi connectivity index (χ0n) is 23.9. The van der Waals surface area contributed by atoms with Crippen LogP contribution in [0, 0.1) is 11.3 Å². The van der Waals surface area contributed by atoms with Gasteiger partial charge in [-0.05, 0) is 76.6 Å². The molecule has 11 nitrogen and oxygen atoms in total. The summed E-state index contributed by atoms with van der Waals surface area (Å²) >= 11 is 0. The normalized spacial score (nSPS) is 11.8. The van der Waals surface area contributed by atoms with Gasteiger partial charge in [0.05, 0.1) is 25.3 Å². The van der Waals surface area contributed by atoms with Crippen molar-refractivity contribution in [2.24, 2.45) is 0 Å². The topological polar surface area (TPSA) is 139 Å². The van der Waals surface area contributed by atoms with E-state index in [2.05, 4.69) is 16.7 Å². The first kappa shape index (κ1) is 32.1. The molecule has 0 saturated heterocycles. The average molecular weight is 555 g/mol. The number of carbonyl (C=O) groups is 3. The number of rotatable bonds is 12. The minimum atomic E-state index is -0.957. The summed E-state index contributed by atoms with van der Waals surface area (Å²) in [4.78, 5) is 39.3. The molecule has 0 heterocycles. The maximum atomic E-state index is 13.4. The van der Waals surface area contributed by atoms with Gasteiger partial charge in [0.2, 0.25) is 0 Å². The van der Waals surface area contributed by atoms with Gasteiger partial charge in [0.15, 0.2) is 6.29 Å². The predicted octanol–water partition coefficient (Wildman–Crippen LogP) is 4.60. The number of methoxy groups -OCH3 is 1. The molecule has 216 valence electrons. The number of nitriles is 1. The van der Waals surface area contributed by atoms with Crippen molar-refractivity contribution in [1.29, 1.82) is 5.26 Å². The molecule has 3 amide bonds. The summed E-state index contributed by atoms with van der Waals surface area (Å²) in [6.45, 7) is 9.79. The third kappa shape index (κ3) is 10.6. The van der Waals surface area contributed by atoms with Gasteiger partial charge in [-0.3, -0.25) is 4.90 Å². The average Bonchev–Trinajstić information content (AvgIpc) is 2.91. The van der Waals surface area contributed by atoms with E-state index in [1.807, 2.05) is 13.8 Å². The number of esters is 1. The monoisotopic (exact) mass is 554 g/mol. The van der Waals surface area contributed by atoms with Crippen LogP contribution in [0.3, 0.4) is 0 Å². The minimum absolute atomic E-state index is 0.120. The Hall–Kier alpha value is -4.14. The Balaban J connectivity index is 2.18. The number of hydrogen-bond donors (Lipinski definition) is 2. The van der Waals surface area contributed by atoms with Crippen LogP contribution in [0.5, 0.6) is 0 Å². The molecule has 0 aliphatic heterocycles. The number of nitrogens with zero attached hydrogens (tertiary/aromatic N) is 2. The van der Waals surface area contributed by atoms with E-state index >= 15 is 0 Å². The van der Waals surface area contributed by atoms with Gasteiger partial charge in [-0.1, -0.05) is 12.1 Å². The minimum Gasteiger partial charge on any atom is -0.467 e. The molecule has 2 aromatic carbocycles. The number of benzene rings is 2. The van der Waals surface area contributed by atoms with Crippen LogP contribution in [-0.4, -0.2) is 62.9 Å². The first-order chi connectivity index (χ1) is 19.0. The molecule has 1 atom stereocenters. The van der Waals surface area contributed by atoms with E-state index in [0.29, 0.717) is 30.2 Å². The summed E-state index contributed by atoms with van der Waals surface area (Å²) in [5.41, 5.74) is 1.54. The van der Waals surface area contributed by atoms with Gasteiger partial charge in [-0.2, -0.15) is 5.26 Å². The number of ether oxygens (including phenoxy) is 4. The first-order valence-electron chi connectivity index (χ1n) is 13.0. The second-order valence-corrected chi connectivity index (χ2v) is 9.66. The van der Waals surface area contributed by atoms with E-state index in [9.17, 15) is 14.4 Å². The molecule has 2 rings (SSSR count). The van der Waals surface area contributed by atoms with Gasteiger partial charge in [0.25, 0.3) is 0 Å². The zero-order valence-corrected chi connectivity index (χ0v) is 23.9. The highest BCUT2D eigenvalue weighted by Gasteiger charge is 2.26. The molecule has 11 heteroatoms. The maximum Gasteiger partial charge on any atom is 0.408 e. The molecule has 2 N–H and O–H groups in total. The highest BCUT2D eigenvalue weighted by Crippen LogP contribution is 2.20. The molecule has 0 bridgehead atoms. The largest absolute Gasteiger partial charge is 0.467 e. The second kappa shape index (κ2) is 15.5. The van der Waals surface area contributed by atoms with E-state index in [-0.39, 0.29) is 13.0 Å². The summed E-state index contributed by atoms with van der Waals surface area (Å²) in [6.07, 6.45) is -1.22. The number of anilines is 2. The molecule has 0 fully saturated rings. The first-order valence-corrected chi connectivity index (χ1v) is 13.0. The van der Waals surface area contributed by atoms with Crippen molar-refractivity contribution in [3.8, 4) is 6.07 Å². The number of hydrogen-bond acceptors (Lipinski definition) is 8. The van der Waals surface area contributed by atoms with Crippen LogP contribution in [0.2, 0.25) is 0 Å². The Labute approximate surface area is 235 Å². The lowest BCUT2D eigenvalue weighted by molar-refractivity contribution is -0.143. The highest BCUT2D eigenvalue weighted by atomic mass is 16.7. The van der Waals surface area contributed by atoms with Crippen molar-refractivity contribution in [2.75, 3.05) is 37.1 Å². The predicted molar refractivity (Wildman–Crippen MR) is 150 cm³/mol. The van der Waals surface area contributed by atoms with Crippen LogP contribution in [-0.2, 0) is 30.2 Å². The molecule has 2 aromatic rings. The van der Waals surface area contributed by atoms with Gasteiger partial charge in [-0.25, -0.2) is 14.4 Å². The number of alkyl carbamates (subject to hydrolysis) is 1. The van der Waals surface area contributed by atoms with Crippen molar-refractivity contribution < 1.29 is 33.3 Å². The smallest absolute Gasteiger partial charge is 0.408 e. The van der Waals surface area contributed by atoms with Crippen molar-refractivity contribution in [3.05, 3.63) is 59.7 Å². The van der Waals surface area contributed by atoms with Crippen LogP contribution in [0.4, 0.5) is 21.0 Å². The molecule has 1 unspecified atom stereocenters. The van der Waals surface area contributed by atoms with E-state index in [1.54, 1.807) is 69.3 Å². The molecule has 0 aliphatic rings. The molecule has 0 radical (unpaired) electrons. The fourth-order valence-electron chi connectivity index (χ4n) is 3.63. The third-order valence-electron chi connectivity index (χ3n) is 5.41. The fraction of sp³-hybridized carbons (Fsp3) is 0.448. The van der Waals surface area contributed by atoms with Gasteiger partial charge in [0, 0.05) is 31.0 Å². The van der Waals surface area contributed by atoms with E-state index in [4.69, 9.17) is 24.2 Å². The van der Waals surface area contributed by atoms with Crippen molar-refractivity contribution in [1.82, 2.24) is 5.32 Å². The van der Waals surface area contributed by atoms with Crippen molar-refractivity contribution in [2.45, 2.75) is 59.0 Å². The Morgan fingerprint density at radius 1 is 0.975 bits per heavy atom. The molecular formula is C29H38N4O7. The van der Waals surface area contributed by atoms with Crippen LogP contribution in [0.25, 0.3) is 0 Å². The summed E-state index contributed by atoms with van der Waals surface area (Å²) in [5.74, 6) is -0.612. The Bertz CT molecular complexity index is 1150. The lowest BCUT2D eigenvalue weighted by atomic mass is 10.1. The SMILES string of the molecule is CCOC(CN(C(=O)Nc1ccc(CC(NC(=O)OC(C)(C)C)C(=O)OC)cc1)c1ccc(C#N)cc1)OCC. The highest BCUT2D eigenvalue weighted by molar-refractivity contribution is 6.01. The standard InChI is InChI=1S/C29H38N4O7/c1-7-38-25(39-8-2)19-33(23-15-11-21(18-30)12-16-23)27(35)31-22-13-9-20(10-14-22)17-24(26(34)37-6)32-28(36)40-29(3,4)5/h9-16,24-25H,7-8,17,19H2,1-6H3,(H,31,35)(H,32,36). The summed E-state index contributed by atoms with van der Waals surface area (Å²) in [7, 11) is 1.24. The Morgan fingerprint density at radius 2 is 1.57 bits per heavy atom. The molecule has 0 saturated carbocycles. The third-order valence-corrected chi connectivity index (χ3v) is 5.41. The Morgan fingerprint density at radius 3 is 2.08 bits per heavy atom. The quantitative estimate of drug-likeness (QED) is 0.287. The molecule has 0 spiro atoms. The van der Waals surface area contributed by atoms with Gasteiger partial charge in [-0.15, -0.1) is 0 Å². The zero-order chi connectivity index (χ0) is 29.7. The number of nitrogens with one attached hydrogen (secondary N) is 2. The molecule has 0 aliphatic carbocycles. The van der Waals surface area contributed by atoms with E-state index in [0.717, 1.165) is 5.56 Å². The van der Waals surface area contributed by atoms with E-state index < -0.39 is 36.0 Å². The number of carbonyl (C=O) groups excluding carboxylic acids is 3. The number of urea groups is 1.